The van der Waals surface area contributed by atoms with E-state index in [-0.39, 0.29) is 0 Å². The van der Waals surface area contributed by atoms with Crippen molar-refractivity contribution < 1.29 is 0 Å². The van der Waals surface area contributed by atoms with Crippen LogP contribution in [0.1, 0.15) is 83.5 Å². The maximum absolute atomic E-state index is 3.42. The summed E-state index contributed by atoms with van der Waals surface area (Å²) in [5.74, 6) is 49.7. The summed E-state index contributed by atoms with van der Waals surface area (Å²) in [5.41, 5.74) is 24.0. The van der Waals surface area contributed by atoms with Crippen molar-refractivity contribution in [2.45, 2.75) is 58.9 Å². The fourth-order valence-electron chi connectivity index (χ4n) is 6.31. The van der Waals surface area contributed by atoms with Crippen molar-refractivity contribution in [3.8, 4) is 105 Å². The molecule has 0 unspecified atom stereocenters. The standard InChI is InChI=1S/C69H54Si3/c1-70(2,3)49-46-64-34-28-58(29-35-64)13-10-55-16-22-61(23-17-55)40-43-67-52-68(44-41-62-24-18-56(19-25-62)11-14-59-30-36-65(37-31-59)47-50-71(4,5)6)54-69(53-67)45-42-63-26-20-57(21-27-63)12-15-60-32-38-66(39-33-60)48-51-72(7,8)9/h16-39,52-54H,1-9H3. The predicted molar refractivity (Wildman–Crippen MR) is 312 cm³/mol. The highest BCUT2D eigenvalue weighted by atomic mass is 28.3. The minimum Gasteiger partial charge on any atom is -0.127 e. The van der Waals surface area contributed by atoms with Crippen molar-refractivity contribution in [3.63, 3.8) is 0 Å². The summed E-state index contributed by atoms with van der Waals surface area (Å²) in [6.07, 6.45) is 0. The molecule has 0 aliphatic carbocycles. The highest BCUT2D eigenvalue weighted by Crippen LogP contribution is 2.13. The van der Waals surface area contributed by atoms with Crippen molar-refractivity contribution in [2.75, 3.05) is 0 Å². The summed E-state index contributed by atoms with van der Waals surface area (Å²) in [7, 11) is -4.29. The molecule has 0 aliphatic rings. The normalized spacial score (nSPS) is 10.1. The molecule has 7 aromatic rings. The van der Waals surface area contributed by atoms with Gasteiger partial charge in [-0.3, -0.25) is 0 Å². The highest BCUT2D eigenvalue weighted by Gasteiger charge is 2.09. The monoisotopic (exact) mass is 966 g/mol. The van der Waals surface area contributed by atoms with Crippen molar-refractivity contribution >= 4 is 24.2 Å². The number of rotatable bonds is 0. The van der Waals surface area contributed by atoms with Crippen LogP contribution < -0.4 is 0 Å². The van der Waals surface area contributed by atoms with Gasteiger partial charge in [0.05, 0.1) is 0 Å². The van der Waals surface area contributed by atoms with Gasteiger partial charge in [0, 0.05) is 83.5 Å². The molecule has 0 saturated carbocycles. The van der Waals surface area contributed by atoms with Gasteiger partial charge in [0.1, 0.15) is 24.2 Å². The lowest BCUT2D eigenvalue weighted by Crippen LogP contribution is -2.16. The summed E-state index contributed by atoms with van der Waals surface area (Å²) in [6.45, 7) is 20.2. The summed E-state index contributed by atoms with van der Waals surface area (Å²) in [4.78, 5) is 0. The van der Waals surface area contributed by atoms with Gasteiger partial charge in [-0.1, -0.05) is 148 Å². The maximum Gasteiger partial charge on any atom is 0.129 e. The molecule has 72 heavy (non-hydrogen) atoms. The van der Waals surface area contributed by atoms with E-state index in [1.165, 1.54) is 0 Å². The van der Waals surface area contributed by atoms with Gasteiger partial charge < -0.3 is 0 Å². The van der Waals surface area contributed by atoms with Gasteiger partial charge in [0.15, 0.2) is 0 Å². The lowest BCUT2D eigenvalue weighted by molar-refractivity contribution is 1.54. The Balaban J connectivity index is 1.09. The molecule has 0 bridgehead atoms. The van der Waals surface area contributed by atoms with Gasteiger partial charge in [-0.25, -0.2) is 0 Å². The second-order valence-electron chi connectivity index (χ2n) is 20.3. The Labute approximate surface area is 433 Å². The van der Waals surface area contributed by atoms with E-state index < -0.39 is 24.2 Å². The lowest BCUT2D eigenvalue weighted by atomic mass is 10.0. The third-order valence-corrected chi connectivity index (χ3v) is 12.7. The first-order valence-corrected chi connectivity index (χ1v) is 34.4. The van der Waals surface area contributed by atoms with Crippen molar-refractivity contribution in [3.05, 3.63) is 247 Å². The van der Waals surface area contributed by atoms with Crippen LogP contribution in [0.2, 0.25) is 58.9 Å². The van der Waals surface area contributed by atoms with Crippen LogP contribution in [-0.2, 0) is 0 Å². The number of hydrogen-bond donors (Lipinski definition) is 0. The summed E-state index contributed by atoms with van der Waals surface area (Å²) >= 11 is 0. The summed E-state index contributed by atoms with van der Waals surface area (Å²) in [6, 6.07) is 54.4. The molecule has 0 amide bonds. The van der Waals surface area contributed by atoms with Gasteiger partial charge in [0.25, 0.3) is 0 Å². The molecule has 0 heterocycles. The van der Waals surface area contributed by atoms with E-state index >= 15 is 0 Å². The lowest BCUT2D eigenvalue weighted by Gasteiger charge is -2.03. The Hall–Kier alpha value is -8.77. The molecular weight excluding hydrogens is 913 g/mol. The summed E-state index contributed by atoms with van der Waals surface area (Å²) in [5, 5.41) is 0. The van der Waals surface area contributed by atoms with Crippen molar-refractivity contribution in [2.24, 2.45) is 0 Å². The molecule has 342 valence electrons. The van der Waals surface area contributed by atoms with Crippen LogP contribution in [0.5, 0.6) is 0 Å². The fourth-order valence-corrected chi connectivity index (χ4v) is 7.87. The van der Waals surface area contributed by atoms with Gasteiger partial charge in [-0.05, 0) is 164 Å². The Morgan fingerprint density at radius 1 is 0.167 bits per heavy atom. The van der Waals surface area contributed by atoms with E-state index in [4.69, 9.17) is 0 Å². The van der Waals surface area contributed by atoms with E-state index in [0.717, 1.165) is 83.5 Å². The molecule has 0 saturated heterocycles. The van der Waals surface area contributed by atoms with Crippen LogP contribution >= 0.6 is 0 Å². The molecule has 3 heteroatoms. The highest BCUT2D eigenvalue weighted by molar-refractivity contribution is 6.84. The molecule has 0 atom stereocenters. The maximum atomic E-state index is 3.42. The molecule has 0 spiro atoms. The second kappa shape index (κ2) is 23.7. The Morgan fingerprint density at radius 3 is 0.403 bits per heavy atom. The van der Waals surface area contributed by atoms with Gasteiger partial charge in [0.2, 0.25) is 0 Å². The Kier molecular flexibility index (Phi) is 16.8. The quantitative estimate of drug-likeness (QED) is 0.105. The topological polar surface area (TPSA) is 0 Å². The molecule has 0 N–H and O–H groups in total. The molecule has 0 fully saturated rings. The first-order valence-electron chi connectivity index (χ1n) is 23.9. The molecule has 0 nitrogen and oxygen atoms in total. The minimum atomic E-state index is -1.43. The average Bonchev–Trinajstić information content (AvgIpc) is 3.36. The van der Waals surface area contributed by atoms with E-state index in [1.54, 1.807) is 0 Å². The smallest absolute Gasteiger partial charge is 0.127 e. The van der Waals surface area contributed by atoms with Gasteiger partial charge in [-0.2, -0.15) is 0 Å². The molecule has 0 aromatic heterocycles. The SMILES string of the molecule is C[Si](C)(C)C#Cc1ccc(C#Cc2ccc(C#Cc3cc(C#Cc4ccc(C#Cc5ccc(C#C[Si](C)(C)C)cc5)cc4)cc(C#Cc4ccc(C#Cc5ccc(C#C[Si](C)(C)C)cc5)cc4)c3)cc2)cc1. The van der Waals surface area contributed by atoms with Crippen LogP contribution in [0.25, 0.3) is 0 Å². The molecule has 7 aromatic carbocycles. The fraction of sp³-hybridized carbons (Fsp3) is 0.130. The predicted octanol–water partition coefficient (Wildman–Crippen LogP) is 13.8. The molecule has 7 rings (SSSR count). The van der Waals surface area contributed by atoms with Gasteiger partial charge >= 0.3 is 0 Å². The Bertz CT molecular complexity index is 3290. The third kappa shape index (κ3) is 18.0. The molecular formula is C69H54Si3. The second-order valence-corrected chi connectivity index (χ2v) is 34.5. The summed E-state index contributed by atoms with van der Waals surface area (Å²) < 4.78 is 0. The number of benzene rings is 7. The number of hydrogen-bond acceptors (Lipinski definition) is 0. The third-order valence-electron chi connectivity index (χ3n) is 10.1. The van der Waals surface area contributed by atoms with Crippen LogP contribution in [0.15, 0.2) is 164 Å². The zero-order chi connectivity index (χ0) is 51.0. The van der Waals surface area contributed by atoms with E-state index in [9.17, 15) is 0 Å². The van der Waals surface area contributed by atoms with Crippen LogP contribution in [0, 0.1) is 105 Å². The van der Waals surface area contributed by atoms with E-state index in [1.807, 2.05) is 164 Å². The van der Waals surface area contributed by atoms with E-state index in [0.29, 0.717) is 0 Å². The first-order chi connectivity index (χ1) is 34.4. The Morgan fingerprint density at radius 2 is 0.278 bits per heavy atom. The largest absolute Gasteiger partial charge is 0.129 e. The van der Waals surface area contributed by atoms with Gasteiger partial charge in [-0.15, -0.1) is 16.6 Å². The zero-order valence-corrected chi connectivity index (χ0v) is 45.6. The van der Waals surface area contributed by atoms with Crippen LogP contribution in [0.4, 0.5) is 0 Å². The van der Waals surface area contributed by atoms with Crippen LogP contribution in [-0.4, -0.2) is 24.2 Å². The molecule has 0 radical (unpaired) electrons. The average molecular weight is 967 g/mol. The molecule has 0 aliphatic heterocycles. The van der Waals surface area contributed by atoms with E-state index in [2.05, 4.69) is 164 Å². The minimum absolute atomic E-state index is 0.816. The van der Waals surface area contributed by atoms with Crippen molar-refractivity contribution in [1.82, 2.24) is 0 Å². The zero-order valence-electron chi connectivity index (χ0n) is 42.6. The first kappa shape index (κ1) is 51.1. The van der Waals surface area contributed by atoms with Crippen molar-refractivity contribution in [1.29, 1.82) is 0 Å². The van der Waals surface area contributed by atoms with Crippen LogP contribution in [0.3, 0.4) is 0 Å².